The molecule has 0 bridgehead atoms. The normalized spacial score (nSPS) is 15.1. The van der Waals surface area contributed by atoms with Crippen LogP contribution in [0.3, 0.4) is 0 Å². The van der Waals surface area contributed by atoms with Gasteiger partial charge in [-0.05, 0) is 26.8 Å². The Morgan fingerprint density at radius 1 is 1.64 bits per heavy atom. The Balaban J connectivity index is 3.60. The molecular weight excluding hydrogens is 138 g/mol. The highest BCUT2D eigenvalue weighted by Gasteiger charge is 1.99. The fraction of sp³-hybridized carbons (Fsp3) is 0.778. The van der Waals surface area contributed by atoms with Crippen molar-refractivity contribution < 1.29 is 5.11 Å². The lowest BCUT2D eigenvalue weighted by molar-refractivity contribution is 0.194. The molecule has 0 rings (SSSR count). The number of hydrogen-bond donors (Lipinski definition) is 2. The van der Waals surface area contributed by atoms with Gasteiger partial charge in [0.1, 0.15) is 0 Å². The van der Waals surface area contributed by atoms with E-state index < -0.39 is 0 Å². The minimum atomic E-state index is -0.222. The van der Waals surface area contributed by atoms with Crippen LogP contribution in [0.15, 0.2) is 11.6 Å². The second-order valence-electron chi connectivity index (χ2n) is 2.78. The van der Waals surface area contributed by atoms with Crippen molar-refractivity contribution in [1.29, 1.82) is 0 Å². The average molecular weight is 157 g/mol. The Bertz CT molecular complexity index is 119. The predicted octanol–water partition coefficient (Wildman–Crippen LogP) is 1.31. The third-order valence-corrected chi connectivity index (χ3v) is 1.57. The van der Waals surface area contributed by atoms with E-state index in [1.807, 2.05) is 13.8 Å². The highest BCUT2D eigenvalue weighted by atomic mass is 16.3. The van der Waals surface area contributed by atoms with Crippen molar-refractivity contribution in [2.75, 3.05) is 13.1 Å². The van der Waals surface area contributed by atoms with E-state index in [9.17, 15) is 0 Å². The van der Waals surface area contributed by atoms with Gasteiger partial charge < -0.3 is 10.4 Å². The summed E-state index contributed by atoms with van der Waals surface area (Å²) in [6.07, 6.45) is 2.62. The molecule has 2 nitrogen and oxygen atoms in total. The molecule has 0 amide bonds. The van der Waals surface area contributed by atoms with E-state index in [-0.39, 0.29) is 6.10 Å². The maximum Gasteiger partial charge on any atom is 0.0549 e. The van der Waals surface area contributed by atoms with Gasteiger partial charge in [-0.1, -0.05) is 18.6 Å². The summed E-state index contributed by atoms with van der Waals surface area (Å²) in [4.78, 5) is 0. The van der Waals surface area contributed by atoms with Gasteiger partial charge in [0.15, 0.2) is 0 Å². The molecule has 0 unspecified atom stereocenters. The zero-order valence-electron chi connectivity index (χ0n) is 7.72. The van der Waals surface area contributed by atoms with Gasteiger partial charge in [0.05, 0.1) is 6.10 Å². The molecule has 1 atom stereocenters. The topological polar surface area (TPSA) is 32.3 Å². The van der Waals surface area contributed by atoms with Crippen molar-refractivity contribution in [1.82, 2.24) is 5.32 Å². The summed E-state index contributed by atoms with van der Waals surface area (Å²) in [5.41, 5.74) is 1.28. The quantitative estimate of drug-likeness (QED) is 0.590. The van der Waals surface area contributed by atoms with Crippen LogP contribution >= 0.6 is 0 Å². The van der Waals surface area contributed by atoms with Crippen LogP contribution < -0.4 is 5.32 Å². The summed E-state index contributed by atoms with van der Waals surface area (Å²) in [6.45, 7) is 7.79. The van der Waals surface area contributed by atoms with Crippen LogP contribution in [0.5, 0.6) is 0 Å². The summed E-state index contributed by atoms with van der Waals surface area (Å²) in [5.74, 6) is 0. The Morgan fingerprint density at radius 3 is 2.64 bits per heavy atom. The lowest BCUT2D eigenvalue weighted by Gasteiger charge is -2.08. The smallest absolute Gasteiger partial charge is 0.0549 e. The van der Waals surface area contributed by atoms with E-state index in [0.29, 0.717) is 0 Å². The van der Waals surface area contributed by atoms with Crippen molar-refractivity contribution in [3.05, 3.63) is 11.6 Å². The molecule has 0 aliphatic carbocycles. The van der Waals surface area contributed by atoms with E-state index in [1.165, 1.54) is 5.57 Å². The first kappa shape index (κ1) is 10.7. The summed E-state index contributed by atoms with van der Waals surface area (Å²) in [6, 6.07) is 0. The highest BCUT2D eigenvalue weighted by molar-refractivity contribution is 5.03. The van der Waals surface area contributed by atoms with Gasteiger partial charge >= 0.3 is 0 Å². The van der Waals surface area contributed by atoms with E-state index in [0.717, 1.165) is 19.5 Å². The zero-order valence-corrected chi connectivity index (χ0v) is 7.72. The second kappa shape index (κ2) is 6.38. The van der Waals surface area contributed by atoms with Gasteiger partial charge in [-0.15, -0.1) is 0 Å². The van der Waals surface area contributed by atoms with Crippen LogP contribution in [0.25, 0.3) is 0 Å². The van der Waals surface area contributed by atoms with Crippen LogP contribution in [0, 0.1) is 0 Å². The van der Waals surface area contributed by atoms with Crippen LogP contribution in [-0.2, 0) is 0 Å². The van der Waals surface area contributed by atoms with Crippen molar-refractivity contribution in [3.63, 3.8) is 0 Å². The second-order valence-corrected chi connectivity index (χ2v) is 2.78. The van der Waals surface area contributed by atoms with Crippen molar-refractivity contribution in [3.8, 4) is 0 Å². The molecule has 2 heteroatoms. The lowest BCUT2D eigenvalue weighted by atomic mass is 10.1. The Hall–Kier alpha value is -0.340. The fourth-order valence-corrected chi connectivity index (χ4v) is 0.957. The molecule has 0 aromatic heterocycles. The summed E-state index contributed by atoms with van der Waals surface area (Å²) < 4.78 is 0. The maximum absolute atomic E-state index is 9.08. The van der Waals surface area contributed by atoms with Crippen LogP contribution in [0.4, 0.5) is 0 Å². The Labute approximate surface area is 69.3 Å². The molecule has 66 valence electrons. The minimum absolute atomic E-state index is 0.222. The molecule has 0 saturated carbocycles. The highest BCUT2D eigenvalue weighted by Crippen LogP contribution is 2.03. The average Bonchev–Trinajstić information content (AvgIpc) is 1.97. The SMILES string of the molecule is C/C=C(\CNCC)C[C@H](C)O. The van der Waals surface area contributed by atoms with Gasteiger partial charge in [0.2, 0.25) is 0 Å². The van der Waals surface area contributed by atoms with Crippen LogP contribution in [0.2, 0.25) is 0 Å². The van der Waals surface area contributed by atoms with E-state index in [1.54, 1.807) is 0 Å². The van der Waals surface area contributed by atoms with Gasteiger partial charge in [-0.25, -0.2) is 0 Å². The number of likely N-dealkylation sites (N-methyl/N-ethyl adjacent to an activating group) is 1. The molecule has 2 N–H and O–H groups in total. The van der Waals surface area contributed by atoms with Gasteiger partial charge in [-0.3, -0.25) is 0 Å². The monoisotopic (exact) mass is 157 g/mol. The van der Waals surface area contributed by atoms with Crippen molar-refractivity contribution in [2.24, 2.45) is 0 Å². The molecule has 0 saturated heterocycles. The predicted molar refractivity (Wildman–Crippen MR) is 48.6 cm³/mol. The third kappa shape index (κ3) is 6.07. The summed E-state index contributed by atoms with van der Waals surface area (Å²) in [7, 11) is 0. The first-order valence-corrected chi connectivity index (χ1v) is 4.23. The number of hydrogen-bond acceptors (Lipinski definition) is 2. The Kier molecular flexibility index (Phi) is 6.18. The maximum atomic E-state index is 9.08. The minimum Gasteiger partial charge on any atom is -0.393 e. The zero-order chi connectivity index (χ0) is 8.69. The molecule has 11 heavy (non-hydrogen) atoms. The first-order chi connectivity index (χ1) is 5.20. The molecule has 0 fully saturated rings. The number of aliphatic hydroxyl groups excluding tert-OH is 1. The standard InChI is InChI=1S/C9H19NO/c1-4-9(6-8(3)11)7-10-5-2/h4,8,10-11H,5-7H2,1-3H3/b9-4-/t8-/m0/s1. The first-order valence-electron chi connectivity index (χ1n) is 4.23. The largest absolute Gasteiger partial charge is 0.393 e. The molecule has 0 heterocycles. The number of nitrogens with one attached hydrogen (secondary N) is 1. The van der Waals surface area contributed by atoms with E-state index in [4.69, 9.17) is 5.11 Å². The summed E-state index contributed by atoms with van der Waals surface area (Å²) in [5, 5.41) is 12.3. The van der Waals surface area contributed by atoms with E-state index in [2.05, 4.69) is 18.3 Å². The molecule has 0 aromatic carbocycles. The molecular formula is C9H19NO. The fourth-order valence-electron chi connectivity index (χ4n) is 0.957. The van der Waals surface area contributed by atoms with Gasteiger partial charge in [-0.2, -0.15) is 0 Å². The van der Waals surface area contributed by atoms with Crippen LogP contribution in [0.1, 0.15) is 27.2 Å². The van der Waals surface area contributed by atoms with Gasteiger partial charge in [0, 0.05) is 6.54 Å². The van der Waals surface area contributed by atoms with E-state index >= 15 is 0 Å². The number of rotatable bonds is 5. The lowest BCUT2D eigenvalue weighted by Crippen LogP contribution is -2.18. The third-order valence-electron chi connectivity index (χ3n) is 1.57. The van der Waals surface area contributed by atoms with Crippen molar-refractivity contribution in [2.45, 2.75) is 33.3 Å². The molecule has 0 radical (unpaired) electrons. The number of aliphatic hydroxyl groups is 1. The summed E-state index contributed by atoms with van der Waals surface area (Å²) >= 11 is 0. The number of allylic oxidation sites excluding steroid dienone is 1. The van der Waals surface area contributed by atoms with Gasteiger partial charge in [0.25, 0.3) is 0 Å². The molecule has 0 spiro atoms. The Morgan fingerprint density at radius 2 is 2.27 bits per heavy atom. The molecule has 0 aliphatic heterocycles. The van der Waals surface area contributed by atoms with Crippen molar-refractivity contribution >= 4 is 0 Å². The van der Waals surface area contributed by atoms with Crippen LogP contribution in [-0.4, -0.2) is 24.3 Å². The molecule has 0 aliphatic rings. The molecule has 0 aromatic rings.